The quantitative estimate of drug-likeness (QED) is 0.510. The highest BCUT2D eigenvalue weighted by molar-refractivity contribution is 14.1. The fraction of sp³-hybridized carbons (Fsp3) is 0.0500. The molecule has 2 N–H and O–H groups in total. The number of nitrogens with one attached hydrogen (secondary N) is 2. The molecule has 0 aliphatic rings. The fourth-order valence-corrected chi connectivity index (χ4v) is 3.97. The molecule has 0 heterocycles. The molecule has 0 radical (unpaired) electrons. The number of amides is 1. The predicted molar refractivity (Wildman–Crippen MR) is 116 cm³/mol. The van der Waals surface area contributed by atoms with Gasteiger partial charge in [-0.2, -0.15) is 0 Å². The SMILES string of the molecule is Cc1ccc(NC(=O)c2ccc(NS(=O)(=O)c3ccccc3)cc2)cc1I. The van der Waals surface area contributed by atoms with E-state index in [1.54, 1.807) is 42.5 Å². The van der Waals surface area contributed by atoms with Gasteiger partial charge in [0.15, 0.2) is 0 Å². The first-order valence-corrected chi connectivity index (χ1v) is 10.7. The highest BCUT2D eigenvalue weighted by atomic mass is 127. The maximum atomic E-state index is 12.4. The Hall–Kier alpha value is -2.39. The van der Waals surface area contributed by atoms with E-state index >= 15 is 0 Å². The molecule has 0 aliphatic heterocycles. The Labute approximate surface area is 172 Å². The topological polar surface area (TPSA) is 75.3 Å². The van der Waals surface area contributed by atoms with Gasteiger partial charge in [0.1, 0.15) is 0 Å². The van der Waals surface area contributed by atoms with Gasteiger partial charge in [0.05, 0.1) is 4.90 Å². The van der Waals surface area contributed by atoms with Gasteiger partial charge in [0.2, 0.25) is 0 Å². The van der Waals surface area contributed by atoms with Crippen LogP contribution < -0.4 is 10.0 Å². The minimum Gasteiger partial charge on any atom is -0.322 e. The molecule has 0 bridgehead atoms. The summed E-state index contributed by atoms with van der Waals surface area (Å²) in [6.45, 7) is 2.00. The fourth-order valence-electron chi connectivity index (χ4n) is 2.38. The maximum absolute atomic E-state index is 12.4. The molecule has 0 saturated heterocycles. The van der Waals surface area contributed by atoms with E-state index in [1.807, 2.05) is 25.1 Å². The third kappa shape index (κ3) is 4.86. The lowest BCUT2D eigenvalue weighted by Crippen LogP contribution is -2.14. The summed E-state index contributed by atoms with van der Waals surface area (Å²) in [4.78, 5) is 12.6. The molecule has 0 aromatic heterocycles. The van der Waals surface area contributed by atoms with Crippen LogP contribution in [0.15, 0.2) is 77.7 Å². The number of hydrogen-bond acceptors (Lipinski definition) is 3. The van der Waals surface area contributed by atoms with Crippen LogP contribution in [0.2, 0.25) is 0 Å². The van der Waals surface area contributed by atoms with Crippen molar-refractivity contribution < 1.29 is 13.2 Å². The van der Waals surface area contributed by atoms with Gasteiger partial charge in [-0.05, 0) is 83.6 Å². The third-order valence-corrected chi connectivity index (χ3v) is 6.44. The van der Waals surface area contributed by atoms with Crippen molar-refractivity contribution in [1.82, 2.24) is 0 Å². The Morgan fingerprint density at radius 3 is 2.15 bits per heavy atom. The first-order valence-electron chi connectivity index (χ1n) is 8.10. The Kier molecular flexibility index (Phi) is 5.81. The van der Waals surface area contributed by atoms with E-state index < -0.39 is 10.0 Å². The first-order chi connectivity index (χ1) is 12.8. The van der Waals surface area contributed by atoms with E-state index in [1.165, 1.54) is 12.1 Å². The first kappa shape index (κ1) is 19.4. The van der Waals surface area contributed by atoms with E-state index in [2.05, 4.69) is 32.6 Å². The third-order valence-electron chi connectivity index (χ3n) is 3.88. The van der Waals surface area contributed by atoms with Gasteiger partial charge in [-0.1, -0.05) is 24.3 Å². The highest BCUT2D eigenvalue weighted by Crippen LogP contribution is 2.19. The smallest absolute Gasteiger partial charge is 0.261 e. The summed E-state index contributed by atoms with van der Waals surface area (Å²) < 4.78 is 28.2. The Balaban J connectivity index is 1.71. The normalized spacial score (nSPS) is 11.0. The lowest BCUT2D eigenvalue weighted by Gasteiger charge is -2.10. The summed E-state index contributed by atoms with van der Waals surface area (Å²) in [5, 5.41) is 2.84. The molecule has 0 unspecified atom stereocenters. The minimum atomic E-state index is -3.66. The number of carbonyl (C=O) groups is 1. The van der Waals surface area contributed by atoms with Gasteiger partial charge in [-0.25, -0.2) is 8.42 Å². The summed E-state index contributed by atoms with van der Waals surface area (Å²) in [5.74, 6) is -0.257. The minimum absolute atomic E-state index is 0.181. The number of benzene rings is 3. The van der Waals surface area contributed by atoms with Crippen LogP contribution in [0.5, 0.6) is 0 Å². The largest absolute Gasteiger partial charge is 0.322 e. The van der Waals surface area contributed by atoms with Crippen LogP contribution >= 0.6 is 22.6 Å². The molecular weight excluding hydrogens is 475 g/mol. The number of rotatable bonds is 5. The van der Waals surface area contributed by atoms with Crippen molar-refractivity contribution in [3.05, 3.63) is 87.5 Å². The van der Waals surface area contributed by atoms with E-state index in [4.69, 9.17) is 0 Å². The maximum Gasteiger partial charge on any atom is 0.261 e. The van der Waals surface area contributed by atoms with Crippen molar-refractivity contribution in [1.29, 1.82) is 0 Å². The zero-order valence-electron chi connectivity index (χ0n) is 14.4. The van der Waals surface area contributed by atoms with Crippen LogP contribution in [-0.2, 0) is 10.0 Å². The van der Waals surface area contributed by atoms with Gasteiger partial charge in [0.25, 0.3) is 15.9 Å². The molecular formula is C20H17IN2O3S. The number of aryl methyl sites for hydroxylation is 1. The summed E-state index contributed by atoms with van der Waals surface area (Å²) in [6.07, 6.45) is 0. The molecule has 138 valence electrons. The molecule has 3 rings (SSSR count). The summed E-state index contributed by atoms with van der Waals surface area (Å²) in [7, 11) is -3.66. The van der Waals surface area contributed by atoms with Crippen LogP contribution in [0.3, 0.4) is 0 Å². The lowest BCUT2D eigenvalue weighted by atomic mass is 10.2. The van der Waals surface area contributed by atoms with Crippen molar-refractivity contribution in [2.24, 2.45) is 0 Å². The number of sulfonamides is 1. The van der Waals surface area contributed by atoms with Crippen LogP contribution in [0.4, 0.5) is 11.4 Å². The zero-order valence-corrected chi connectivity index (χ0v) is 17.4. The molecule has 3 aromatic rings. The van der Waals surface area contributed by atoms with Crippen LogP contribution in [0.25, 0.3) is 0 Å². The zero-order chi connectivity index (χ0) is 19.4. The standard InChI is InChI=1S/C20H17IN2O3S/c1-14-7-10-17(13-19(14)21)22-20(24)15-8-11-16(12-9-15)23-27(25,26)18-5-3-2-4-6-18/h2-13,23H,1H3,(H,22,24). The monoisotopic (exact) mass is 492 g/mol. The summed E-state index contributed by atoms with van der Waals surface area (Å²) in [6, 6.07) is 20.1. The van der Waals surface area contributed by atoms with E-state index in [0.717, 1.165) is 9.13 Å². The van der Waals surface area contributed by atoms with Gasteiger partial charge in [-0.15, -0.1) is 0 Å². The molecule has 0 saturated carbocycles. The molecule has 0 fully saturated rings. The predicted octanol–water partition coefficient (Wildman–Crippen LogP) is 4.65. The number of carbonyl (C=O) groups excluding carboxylic acids is 1. The summed E-state index contributed by atoms with van der Waals surface area (Å²) >= 11 is 2.22. The van der Waals surface area contributed by atoms with E-state index in [-0.39, 0.29) is 10.8 Å². The molecule has 0 aliphatic carbocycles. The van der Waals surface area contributed by atoms with Crippen LogP contribution in [0.1, 0.15) is 15.9 Å². The molecule has 1 amide bonds. The molecule has 5 nitrogen and oxygen atoms in total. The average Bonchev–Trinajstić information content (AvgIpc) is 2.66. The van der Waals surface area contributed by atoms with Crippen molar-refractivity contribution in [2.75, 3.05) is 10.0 Å². The van der Waals surface area contributed by atoms with Crippen LogP contribution in [-0.4, -0.2) is 14.3 Å². The Morgan fingerprint density at radius 2 is 1.52 bits per heavy atom. The van der Waals surface area contributed by atoms with Crippen molar-refractivity contribution in [2.45, 2.75) is 11.8 Å². The van der Waals surface area contributed by atoms with E-state index in [9.17, 15) is 13.2 Å². The Morgan fingerprint density at radius 1 is 0.889 bits per heavy atom. The van der Waals surface area contributed by atoms with Crippen molar-refractivity contribution >= 4 is 49.9 Å². The summed E-state index contributed by atoms with van der Waals surface area (Å²) in [5.41, 5.74) is 2.68. The van der Waals surface area contributed by atoms with Crippen molar-refractivity contribution in [3.63, 3.8) is 0 Å². The molecule has 0 spiro atoms. The second kappa shape index (κ2) is 8.10. The number of halogens is 1. The van der Waals surface area contributed by atoms with Crippen LogP contribution in [0, 0.1) is 10.5 Å². The molecule has 0 atom stereocenters. The average molecular weight is 492 g/mol. The van der Waals surface area contributed by atoms with Crippen molar-refractivity contribution in [3.8, 4) is 0 Å². The Bertz CT molecular complexity index is 1070. The van der Waals surface area contributed by atoms with Gasteiger partial charge in [0, 0.05) is 20.5 Å². The molecule has 27 heavy (non-hydrogen) atoms. The highest BCUT2D eigenvalue weighted by Gasteiger charge is 2.14. The van der Waals surface area contributed by atoms with E-state index in [0.29, 0.717) is 16.9 Å². The number of anilines is 2. The second-order valence-corrected chi connectivity index (χ2v) is 8.76. The van der Waals surface area contributed by atoms with Gasteiger partial charge < -0.3 is 5.32 Å². The molecule has 3 aromatic carbocycles. The molecule has 7 heteroatoms. The lowest BCUT2D eigenvalue weighted by molar-refractivity contribution is 0.102. The number of hydrogen-bond donors (Lipinski definition) is 2. The van der Waals surface area contributed by atoms with Gasteiger partial charge in [-0.3, -0.25) is 9.52 Å². The van der Waals surface area contributed by atoms with Gasteiger partial charge >= 0.3 is 0 Å². The second-order valence-electron chi connectivity index (χ2n) is 5.91.